The van der Waals surface area contributed by atoms with Crippen LogP contribution >= 0.6 is 0 Å². The second-order valence-corrected chi connectivity index (χ2v) is 5.62. The quantitative estimate of drug-likeness (QED) is 0.929. The lowest BCUT2D eigenvalue weighted by Gasteiger charge is -2.17. The predicted molar refractivity (Wildman–Crippen MR) is 95.5 cm³/mol. The van der Waals surface area contributed by atoms with E-state index in [1.807, 2.05) is 19.1 Å². The van der Waals surface area contributed by atoms with Crippen LogP contribution in [0.25, 0.3) is 0 Å². The molecule has 1 heterocycles. The van der Waals surface area contributed by atoms with Crippen LogP contribution in [0.4, 0.5) is 11.4 Å². The molecular formula is C19H20N2O4. The fourth-order valence-corrected chi connectivity index (χ4v) is 2.64. The third kappa shape index (κ3) is 3.57. The molecule has 6 heteroatoms. The van der Waals surface area contributed by atoms with Crippen molar-refractivity contribution in [3.8, 4) is 11.5 Å². The van der Waals surface area contributed by atoms with Crippen LogP contribution in [0.15, 0.2) is 42.5 Å². The Morgan fingerprint density at radius 1 is 1.28 bits per heavy atom. The van der Waals surface area contributed by atoms with E-state index >= 15 is 0 Å². The second-order valence-electron chi connectivity index (χ2n) is 5.62. The van der Waals surface area contributed by atoms with Crippen molar-refractivity contribution in [2.75, 3.05) is 30.5 Å². The number of carbonyl (C=O) groups excluding carboxylic acids is 2. The molecule has 2 amide bonds. The predicted octanol–water partition coefficient (Wildman–Crippen LogP) is 3.08. The smallest absolute Gasteiger partial charge is 0.255 e. The fraction of sp³-hybridized carbons (Fsp3) is 0.263. The number of rotatable bonds is 4. The number of fused-ring (bicyclic) bond motifs is 1. The van der Waals surface area contributed by atoms with Crippen molar-refractivity contribution >= 4 is 23.2 Å². The van der Waals surface area contributed by atoms with Gasteiger partial charge in [0.1, 0.15) is 11.5 Å². The minimum Gasteiger partial charge on any atom is -0.492 e. The van der Waals surface area contributed by atoms with Crippen LogP contribution in [0, 0.1) is 0 Å². The number of hydrogen-bond acceptors (Lipinski definition) is 4. The highest BCUT2D eigenvalue weighted by atomic mass is 16.5. The normalized spacial score (nSPS) is 13.5. The zero-order chi connectivity index (χ0) is 17.8. The lowest BCUT2D eigenvalue weighted by atomic mass is 10.1. The number of amides is 2. The van der Waals surface area contributed by atoms with E-state index in [1.165, 1.54) is 4.90 Å². The average Bonchev–Trinajstić information content (AvgIpc) is 2.76. The van der Waals surface area contributed by atoms with Gasteiger partial charge in [-0.25, -0.2) is 0 Å². The van der Waals surface area contributed by atoms with Crippen LogP contribution in [0.1, 0.15) is 23.7 Å². The summed E-state index contributed by atoms with van der Waals surface area (Å²) in [7, 11) is 1.68. The molecule has 130 valence electrons. The maximum Gasteiger partial charge on any atom is 0.255 e. The Hall–Kier alpha value is -3.02. The molecule has 0 atom stereocenters. The Kier molecular flexibility index (Phi) is 4.88. The van der Waals surface area contributed by atoms with Gasteiger partial charge in [-0.15, -0.1) is 0 Å². The summed E-state index contributed by atoms with van der Waals surface area (Å²) in [6.07, 6.45) is 0.314. The average molecular weight is 340 g/mol. The number of ether oxygens (including phenoxy) is 2. The summed E-state index contributed by atoms with van der Waals surface area (Å²) in [6, 6.07) is 12.3. The molecule has 0 radical (unpaired) electrons. The summed E-state index contributed by atoms with van der Waals surface area (Å²) in [5.41, 5.74) is 1.63. The Labute approximate surface area is 146 Å². The van der Waals surface area contributed by atoms with Crippen molar-refractivity contribution in [2.24, 2.45) is 0 Å². The number of para-hydroxylation sites is 2. The minimum atomic E-state index is -0.278. The van der Waals surface area contributed by atoms with Crippen LogP contribution < -0.4 is 19.7 Å². The van der Waals surface area contributed by atoms with Gasteiger partial charge in [-0.3, -0.25) is 9.59 Å². The van der Waals surface area contributed by atoms with Gasteiger partial charge < -0.3 is 19.7 Å². The van der Waals surface area contributed by atoms with Crippen molar-refractivity contribution in [3.63, 3.8) is 0 Å². The monoisotopic (exact) mass is 340 g/mol. The number of anilines is 2. The van der Waals surface area contributed by atoms with Gasteiger partial charge in [0, 0.05) is 12.6 Å². The molecule has 0 aliphatic carbocycles. The molecule has 1 N–H and O–H groups in total. The zero-order valence-electron chi connectivity index (χ0n) is 14.2. The van der Waals surface area contributed by atoms with Crippen molar-refractivity contribution in [1.29, 1.82) is 0 Å². The van der Waals surface area contributed by atoms with E-state index in [9.17, 15) is 9.59 Å². The number of carbonyl (C=O) groups is 2. The molecule has 25 heavy (non-hydrogen) atoms. The Morgan fingerprint density at radius 2 is 2.08 bits per heavy atom. The van der Waals surface area contributed by atoms with Crippen LogP contribution in [0.5, 0.6) is 11.5 Å². The van der Waals surface area contributed by atoms with Gasteiger partial charge in [0.2, 0.25) is 5.91 Å². The molecule has 0 fully saturated rings. The third-order valence-corrected chi connectivity index (χ3v) is 3.97. The number of benzene rings is 2. The van der Waals surface area contributed by atoms with Gasteiger partial charge in [0.25, 0.3) is 5.91 Å². The standard InChI is InChI=1S/C19H20N2O4/c1-3-24-16-7-5-4-6-14(16)20-19(23)13-8-9-17-15(12-13)21(2)18(22)10-11-25-17/h4-9,12H,3,10-11H2,1-2H3,(H,20,23). The highest BCUT2D eigenvalue weighted by Gasteiger charge is 2.21. The van der Waals surface area contributed by atoms with E-state index < -0.39 is 0 Å². The van der Waals surface area contributed by atoms with E-state index in [4.69, 9.17) is 9.47 Å². The van der Waals surface area contributed by atoms with Gasteiger partial charge in [0.15, 0.2) is 0 Å². The summed E-state index contributed by atoms with van der Waals surface area (Å²) in [5, 5.41) is 2.85. The Balaban J connectivity index is 1.86. The van der Waals surface area contributed by atoms with Crippen molar-refractivity contribution in [3.05, 3.63) is 48.0 Å². The molecule has 0 aromatic heterocycles. The van der Waals surface area contributed by atoms with Crippen molar-refractivity contribution in [2.45, 2.75) is 13.3 Å². The van der Waals surface area contributed by atoms with Gasteiger partial charge in [-0.05, 0) is 37.3 Å². The number of hydrogen-bond donors (Lipinski definition) is 1. The fourth-order valence-electron chi connectivity index (χ4n) is 2.64. The molecular weight excluding hydrogens is 320 g/mol. The number of nitrogens with one attached hydrogen (secondary N) is 1. The molecule has 6 nitrogen and oxygen atoms in total. The minimum absolute atomic E-state index is 0.0435. The van der Waals surface area contributed by atoms with E-state index in [-0.39, 0.29) is 11.8 Å². The lowest BCUT2D eigenvalue weighted by molar-refractivity contribution is -0.118. The molecule has 1 aliphatic heterocycles. The molecule has 2 aromatic carbocycles. The first kappa shape index (κ1) is 16.8. The summed E-state index contributed by atoms with van der Waals surface area (Å²) < 4.78 is 11.1. The van der Waals surface area contributed by atoms with E-state index in [1.54, 1.807) is 37.4 Å². The maximum atomic E-state index is 12.6. The second kappa shape index (κ2) is 7.25. The first-order valence-corrected chi connectivity index (χ1v) is 8.16. The van der Waals surface area contributed by atoms with Crippen molar-refractivity contribution < 1.29 is 19.1 Å². The number of nitrogens with zero attached hydrogens (tertiary/aromatic N) is 1. The van der Waals surface area contributed by atoms with Crippen LogP contribution in [-0.4, -0.2) is 32.1 Å². The topological polar surface area (TPSA) is 67.9 Å². The molecule has 0 spiro atoms. The SMILES string of the molecule is CCOc1ccccc1NC(=O)c1ccc2c(c1)N(C)C(=O)CCO2. The molecule has 3 rings (SSSR count). The molecule has 1 aliphatic rings. The van der Waals surface area contributed by atoms with Gasteiger partial charge in [-0.1, -0.05) is 12.1 Å². The molecule has 0 unspecified atom stereocenters. The first-order valence-electron chi connectivity index (χ1n) is 8.16. The largest absolute Gasteiger partial charge is 0.492 e. The highest BCUT2D eigenvalue weighted by molar-refractivity contribution is 6.06. The van der Waals surface area contributed by atoms with Crippen molar-refractivity contribution in [1.82, 2.24) is 0 Å². The van der Waals surface area contributed by atoms with E-state index in [2.05, 4.69) is 5.32 Å². The molecule has 0 saturated carbocycles. The summed E-state index contributed by atoms with van der Waals surface area (Å²) in [4.78, 5) is 26.1. The molecule has 0 saturated heterocycles. The molecule has 2 aromatic rings. The molecule has 0 bridgehead atoms. The van der Waals surface area contributed by atoms with Crippen LogP contribution in [0.3, 0.4) is 0 Å². The first-order chi connectivity index (χ1) is 12.1. The third-order valence-electron chi connectivity index (χ3n) is 3.97. The van der Waals surface area contributed by atoms with E-state index in [0.717, 1.165) is 0 Å². The van der Waals surface area contributed by atoms with E-state index in [0.29, 0.717) is 48.1 Å². The highest BCUT2D eigenvalue weighted by Crippen LogP contribution is 2.32. The van der Waals surface area contributed by atoms with Crippen LogP contribution in [-0.2, 0) is 4.79 Å². The maximum absolute atomic E-state index is 12.6. The summed E-state index contributed by atoms with van der Waals surface area (Å²) in [6.45, 7) is 2.73. The summed E-state index contributed by atoms with van der Waals surface area (Å²) >= 11 is 0. The Bertz CT molecular complexity index is 804. The lowest BCUT2D eigenvalue weighted by Crippen LogP contribution is -2.25. The zero-order valence-corrected chi connectivity index (χ0v) is 14.2. The van der Waals surface area contributed by atoms with Crippen LogP contribution in [0.2, 0.25) is 0 Å². The Morgan fingerprint density at radius 3 is 2.88 bits per heavy atom. The van der Waals surface area contributed by atoms with Gasteiger partial charge in [0.05, 0.1) is 31.0 Å². The van der Waals surface area contributed by atoms with Gasteiger partial charge in [-0.2, -0.15) is 0 Å². The summed E-state index contributed by atoms with van der Waals surface area (Å²) in [5.74, 6) is 0.890. The van der Waals surface area contributed by atoms with Gasteiger partial charge >= 0.3 is 0 Å².